The number of nitrogens with one attached hydrogen (secondary N) is 1. The van der Waals surface area contributed by atoms with Crippen LogP contribution in [0, 0.1) is 0 Å². The molecule has 1 saturated heterocycles. The summed E-state index contributed by atoms with van der Waals surface area (Å²) in [6, 6.07) is 0.352. The Hall–Kier alpha value is -0.390. The van der Waals surface area contributed by atoms with E-state index in [0.29, 0.717) is 6.04 Å². The average molecular weight is 341 g/mol. The first-order valence-corrected chi connectivity index (χ1v) is 8.58. The van der Waals surface area contributed by atoms with Crippen molar-refractivity contribution in [3.8, 4) is 0 Å². The lowest BCUT2D eigenvalue weighted by Gasteiger charge is -2.45. The maximum Gasteiger partial charge on any atom is 0.0711 e. The van der Waals surface area contributed by atoms with Crippen molar-refractivity contribution in [2.24, 2.45) is 7.05 Å². The van der Waals surface area contributed by atoms with E-state index in [2.05, 4.69) is 45.3 Å². The van der Waals surface area contributed by atoms with E-state index in [4.69, 9.17) is 0 Å². The molecule has 1 aromatic rings. The summed E-state index contributed by atoms with van der Waals surface area (Å²) in [6.07, 6.45) is 9.93. The Bertz CT molecular complexity index is 439. The Labute approximate surface area is 130 Å². The van der Waals surface area contributed by atoms with Gasteiger partial charge in [-0.05, 0) is 61.8 Å². The van der Waals surface area contributed by atoms with Gasteiger partial charge in [0.25, 0.3) is 0 Å². The summed E-state index contributed by atoms with van der Waals surface area (Å²) >= 11 is 3.70. The normalized spacial score (nSPS) is 24.4. The van der Waals surface area contributed by atoms with Gasteiger partial charge in [0, 0.05) is 12.6 Å². The third-order valence-electron chi connectivity index (χ3n) is 5.24. The van der Waals surface area contributed by atoms with Crippen molar-refractivity contribution in [2.75, 3.05) is 20.1 Å². The molecular weight excluding hydrogens is 316 g/mol. The van der Waals surface area contributed by atoms with Gasteiger partial charge in [-0.3, -0.25) is 9.58 Å². The van der Waals surface area contributed by atoms with Gasteiger partial charge in [0.15, 0.2) is 0 Å². The van der Waals surface area contributed by atoms with Crippen molar-refractivity contribution in [1.82, 2.24) is 20.0 Å². The number of likely N-dealkylation sites (N-methyl/N-ethyl adjacent to an activating group) is 1. The fraction of sp³-hybridized carbons (Fsp3) is 0.800. The molecule has 2 heterocycles. The van der Waals surface area contributed by atoms with Crippen molar-refractivity contribution in [3.05, 3.63) is 16.4 Å². The van der Waals surface area contributed by atoms with Gasteiger partial charge in [0.05, 0.1) is 22.4 Å². The molecule has 1 saturated carbocycles. The van der Waals surface area contributed by atoms with E-state index >= 15 is 0 Å². The molecule has 3 rings (SSSR count). The Kier molecular flexibility index (Phi) is 4.20. The summed E-state index contributed by atoms with van der Waals surface area (Å²) in [5, 5.41) is 8.04. The van der Waals surface area contributed by atoms with Crippen molar-refractivity contribution in [3.63, 3.8) is 0 Å². The van der Waals surface area contributed by atoms with Gasteiger partial charge in [0.2, 0.25) is 0 Å². The average Bonchev–Trinajstić information content (AvgIpc) is 3.15. The standard InChI is InChI=1S/C15H25BrN4/c1-17-14(13-12(16)11-18-19(13)2)15(7-3-4-8-15)20-9-5-6-10-20/h11,14,17H,3-10H2,1-2H3. The lowest BCUT2D eigenvalue weighted by atomic mass is 9.84. The zero-order valence-electron chi connectivity index (χ0n) is 12.5. The molecule has 0 aromatic carbocycles. The molecule has 1 aliphatic heterocycles. The summed E-state index contributed by atoms with van der Waals surface area (Å²) < 4.78 is 3.16. The quantitative estimate of drug-likeness (QED) is 0.914. The van der Waals surface area contributed by atoms with E-state index in [-0.39, 0.29) is 5.54 Å². The van der Waals surface area contributed by atoms with Crippen LogP contribution in [-0.4, -0.2) is 40.4 Å². The maximum atomic E-state index is 4.43. The van der Waals surface area contributed by atoms with Crippen LogP contribution in [0.3, 0.4) is 0 Å². The summed E-state index contributed by atoms with van der Waals surface area (Å²) in [6.45, 7) is 2.52. The van der Waals surface area contributed by atoms with Crippen LogP contribution in [0.5, 0.6) is 0 Å². The summed E-state index contributed by atoms with van der Waals surface area (Å²) in [4.78, 5) is 2.75. The molecule has 1 atom stereocenters. The fourth-order valence-corrected chi connectivity index (χ4v) is 4.92. The highest BCUT2D eigenvalue weighted by atomic mass is 79.9. The van der Waals surface area contributed by atoms with Gasteiger partial charge in [-0.15, -0.1) is 0 Å². The van der Waals surface area contributed by atoms with Crippen LogP contribution in [0.4, 0.5) is 0 Å². The van der Waals surface area contributed by atoms with E-state index in [1.54, 1.807) is 0 Å². The lowest BCUT2D eigenvalue weighted by molar-refractivity contribution is 0.0761. The molecule has 2 aliphatic rings. The largest absolute Gasteiger partial charge is 0.310 e. The summed E-state index contributed by atoms with van der Waals surface area (Å²) in [5.74, 6) is 0. The topological polar surface area (TPSA) is 33.1 Å². The minimum Gasteiger partial charge on any atom is -0.310 e. The second-order valence-corrected chi connectivity index (χ2v) is 7.08. The second kappa shape index (κ2) is 5.78. The predicted octanol–water partition coefficient (Wildman–Crippen LogP) is 2.85. The third kappa shape index (κ3) is 2.24. The molecular formula is C15H25BrN4. The van der Waals surface area contributed by atoms with Crippen molar-refractivity contribution >= 4 is 15.9 Å². The molecule has 5 heteroatoms. The highest BCUT2D eigenvalue weighted by Gasteiger charge is 2.48. The predicted molar refractivity (Wildman–Crippen MR) is 84.7 cm³/mol. The molecule has 20 heavy (non-hydrogen) atoms. The third-order valence-corrected chi connectivity index (χ3v) is 5.85. The Morgan fingerprint density at radius 3 is 2.40 bits per heavy atom. The van der Waals surface area contributed by atoms with E-state index in [9.17, 15) is 0 Å². The molecule has 2 fully saturated rings. The van der Waals surface area contributed by atoms with Gasteiger partial charge in [0.1, 0.15) is 0 Å². The van der Waals surface area contributed by atoms with Crippen LogP contribution in [-0.2, 0) is 7.05 Å². The van der Waals surface area contributed by atoms with Crippen LogP contribution in [0.25, 0.3) is 0 Å². The van der Waals surface area contributed by atoms with Gasteiger partial charge in [-0.1, -0.05) is 12.8 Å². The SMILES string of the molecule is CNC(c1c(Br)cnn1C)C1(N2CCCC2)CCCC1. The van der Waals surface area contributed by atoms with Crippen molar-refractivity contribution < 1.29 is 0 Å². The fourth-order valence-electron chi connectivity index (χ4n) is 4.34. The van der Waals surface area contributed by atoms with Crippen molar-refractivity contribution in [2.45, 2.75) is 50.1 Å². The minimum atomic E-state index is 0.279. The number of aromatic nitrogens is 2. The van der Waals surface area contributed by atoms with E-state index in [1.165, 1.54) is 57.3 Å². The number of hydrogen-bond donors (Lipinski definition) is 1. The highest BCUT2D eigenvalue weighted by molar-refractivity contribution is 9.10. The Balaban J connectivity index is 2.00. The number of hydrogen-bond acceptors (Lipinski definition) is 3. The summed E-state index contributed by atoms with van der Waals surface area (Å²) in [7, 11) is 4.15. The highest BCUT2D eigenvalue weighted by Crippen LogP contribution is 2.46. The van der Waals surface area contributed by atoms with Gasteiger partial charge in [-0.2, -0.15) is 5.10 Å². The van der Waals surface area contributed by atoms with Gasteiger partial charge in [-0.25, -0.2) is 0 Å². The van der Waals surface area contributed by atoms with Gasteiger partial charge >= 0.3 is 0 Å². The molecule has 0 radical (unpaired) electrons. The first-order valence-electron chi connectivity index (χ1n) is 7.79. The zero-order chi connectivity index (χ0) is 14.2. The van der Waals surface area contributed by atoms with Crippen LogP contribution >= 0.6 is 15.9 Å². The Morgan fingerprint density at radius 1 is 1.25 bits per heavy atom. The van der Waals surface area contributed by atoms with E-state index in [0.717, 1.165) is 4.47 Å². The van der Waals surface area contributed by atoms with Crippen LogP contribution in [0.15, 0.2) is 10.7 Å². The molecule has 1 unspecified atom stereocenters. The maximum absolute atomic E-state index is 4.43. The number of halogens is 1. The number of rotatable bonds is 4. The van der Waals surface area contributed by atoms with Crippen LogP contribution in [0.1, 0.15) is 50.3 Å². The van der Waals surface area contributed by atoms with Crippen molar-refractivity contribution in [1.29, 1.82) is 0 Å². The van der Waals surface area contributed by atoms with Crippen LogP contribution in [0.2, 0.25) is 0 Å². The molecule has 1 aliphatic carbocycles. The molecule has 0 amide bonds. The number of likely N-dealkylation sites (tertiary alicyclic amines) is 1. The molecule has 0 spiro atoms. The van der Waals surface area contributed by atoms with Crippen LogP contribution < -0.4 is 5.32 Å². The molecule has 0 bridgehead atoms. The zero-order valence-corrected chi connectivity index (χ0v) is 14.1. The van der Waals surface area contributed by atoms with E-state index in [1.807, 2.05) is 10.9 Å². The summed E-state index contributed by atoms with van der Waals surface area (Å²) in [5.41, 5.74) is 1.57. The minimum absolute atomic E-state index is 0.279. The monoisotopic (exact) mass is 340 g/mol. The molecule has 112 valence electrons. The lowest BCUT2D eigenvalue weighted by Crippen LogP contribution is -2.54. The second-order valence-electron chi connectivity index (χ2n) is 6.23. The molecule has 4 nitrogen and oxygen atoms in total. The number of nitrogens with zero attached hydrogens (tertiary/aromatic N) is 3. The first kappa shape index (κ1) is 14.5. The molecule has 1 aromatic heterocycles. The van der Waals surface area contributed by atoms with E-state index < -0.39 is 0 Å². The molecule has 1 N–H and O–H groups in total. The Morgan fingerprint density at radius 2 is 1.90 bits per heavy atom. The van der Waals surface area contributed by atoms with Gasteiger partial charge < -0.3 is 5.32 Å². The smallest absolute Gasteiger partial charge is 0.0711 e. The first-order chi connectivity index (χ1) is 9.69. The number of aryl methyl sites for hydroxylation is 1.